The average Bonchev–Trinajstić information content (AvgIpc) is 3.31. The van der Waals surface area contributed by atoms with Crippen molar-refractivity contribution in [1.82, 2.24) is 4.57 Å². The molecule has 1 N–H and O–H groups in total. The lowest BCUT2D eigenvalue weighted by Crippen LogP contribution is -2.20. The van der Waals surface area contributed by atoms with E-state index in [2.05, 4.69) is 4.51 Å². The number of carboxylic acids is 1. The predicted molar refractivity (Wildman–Crippen MR) is 87.9 cm³/mol. The predicted octanol–water partition coefficient (Wildman–Crippen LogP) is 2.62. The van der Waals surface area contributed by atoms with Crippen LogP contribution in [0.25, 0.3) is 10.9 Å². The fraction of sp³-hybridized carbons (Fsp3) is 0.200. The zero-order valence-electron chi connectivity index (χ0n) is 11.3. The van der Waals surface area contributed by atoms with Gasteiger partial charge in [-0.3, -0.25) is 4.79 Å². The first kappa shape index (κ1) is 14.8. The van der Waals surface area contributed by atoms with Gasteiger partial charge in [0.05, 0.1) is 20.0 Å². The molecule has 1 aromatic heterocycles. The summed E-state index contributed by atoms with van der Waals surface area (Å²) in [5.74, 6) is -2.01. The third kappa shape index (κ3) is 2.14. The number of nitrogens with zero attached hydrogens (tertiary/aromatic N) is 2. The molecule has 112 valence electrons. The van der Waals surface area contributed by atoms with Gasteiger partial charge in [0, 0.05) is 12.2 Å². The van der Waals surface area contributed by atoms with E-state index in [1.807, 2.05) is 6.07 Å². The molecule has 2 aromatic rings. The number of hydrogen-bond donors (Lipinski definition) is 1. The quantitative estimate of drug-likeness (QED) is 0.786. The molecular formula is C15H10FIN2O3. The molecule has 0 amide bonds. The number of fused-ring (bicyclic) bond motifs is 1. The topological polar surface area (TPSA) is 83.1 Å². The monoisotopic (exact) mass is 412 g/mol. The van der Waals surface area contributed by atoms with Crippen molar-refractivity contribution in [3.05, 3.63) is 43.0 Å². The molecule has 0 aliphatic heterocycles. The van der Waals surface area contributed by atoms with Crippen LogP contribution in [0.1, 0.15) is 34.8 Å². The standard InChI is InChI=1S/C15H10FIN2O3/c1-17-12-9(5-18)13-8(4-11(12)16)14(20)10(15(21)22)6-19(13)7-2-3-7/h4,6-7H,1-3H2,(H,21,22). The first-order valence-corrected chi connectivity index (χ1v) is 9.03. The molecule has 5 nitrogen and oxygen atoms in total. The molecule has 3 rings (SSSR count). The van der Waals surface area contributed by atoms with Gasteiger partial charge in [-0.05, 0) is 18.9 Å². The van der Waals surface area contributed by atoms with Crippen molar-refractivity contribution >= 4 is 42.1 Å². The Bertz CT molecular complexity index is 939. The lowest BCUT2D eigenvalue weighted by molar-refractivity contribution is 0.0695. The Morgan fingerprint density at radius 1 is 1.55 bits per heavy atom. The summed E-state index contributed by atoms with van der Waals surface area (Å²) in [6.07, 6.45) is 2.96. The Morgan fingerprint density at radius 3 is 2.73 bits per heavy atom. The summed E-state index contributed by atoms with van der Waals surface area (Å²) in [4.78, 5) is 23.6. The van der Waals surface area contributed by atoms with Crippen LogP contribution in [0.4, 0.5) is 4.39 Å². The zero-order valence-corrected chi connectivity index (χ0v) is 13.4. The fourth-order valence-electron chi connectivity index (χ4n) is 2.49. The van der Waals surface area contributed by atoms with Crippen molar-refractivity contribution in [3.8, 4) is 6.07 Å². The SMILES string of the molecule is C=Ic1c(F)cc2c(=O)c(C(=O)O)cn(C3CC3)c2c1C#N. The largest absolute Gasteiger partial charge is 0.477 e. The fourth-order valence-corrected chi connectivity index (χ4v) is 3.77. The second-order valence-corrected chi connectivity index (χ2v) is 6.85. The normalized spacial score (nSPS) is 14.0. The van der Waals surface area contributed by atoms with Gasteiger partial charge in [0.1, 0.15) is 17.4 Å². The second-order valence-electron chi connectivity index (χ2n) is 5.00. The minimum Gasteiger partial charge on any atom is -0.477 e. The van der Waals surface area contributed by atoms with E-state index >= 15 is 0 Å². The van der Waals surface area contributed by atoms with Crippen LogP contribution in [-0.4, -0.2) is 20.2 Å². The number of aromatic carboxylic acids is 1. The molecule has 1 aliphatic carbocycles. The number of hydrogen-bond acceptors (Lipinski definition) is 3. The van der Waals surface area contributed by atoms with Crippen molar-refractivity contribution in [2.75, 3.05) is 0 Å². The molecular weight excluding hydrogens is 402 g/mol. The van der Waals surface area contributed by atoms with Crippen molar-refractivity contribution in [3.63, 3.8) is 0 Å². The van der Waals surface area contributed by atoms with E-state index in [4.69, 9.17) is 0 Å². The Hall–Kier alpha value is -2.08. The number of rotatable bonds is 3. The van der Waals surface area contributed by atoms with Crippen molar-refractivity contribution in [2.24, 2.45) is 0 Å². The van der Waals surface area contributed by atoms with Gasteiger partial charge in [0.15, 0.2) is 0 Å². The van der Waals surface area contributed by atoms with Crippen LogP contribution >= 0.6 is 20.7 Å². The highest BCUT2D eigenvalue weighted by atomic mass is 127. The number of aromatic nitrogens is 1. The van der Waals surface area contributed by atoms with Gasteiger partial charge in [-0.1, -0.05) is 25.2 Å². The Kier molecular flexibility index (Phi) is 3.56. The van der Waals surface area contributed by atoms with Crippen LogP contribution in [-0.2, 0) is 0 Å². The minimum atomic E-state index is -1.35. The van der Waals surface area contributed by atoms with Gasteiger partial charge in [-0.2, -0.15) is 5.26 Å². The molecule has 0 atom stereocenters. The van der Waals surface area contributed by atoms with Crippen LogP contribution in [0.2, 0.25) is 0 Å². The molecule has 22 heavy (non-hydrogen) atoms. The van der Waals surface area contributed by atoms with E-state index in [1.54, 1.807) is 4.57 Å². The van der Waals surface area contributed by atoms with E-state index in [9.17, 15) is 24.3 Å². The first-order valence-electron chi connectivity index (χ1n) is 6.42. The van der Waals surface area contributed by atoms with Gasteiger partial charge in [-0.25, -0.2) is 9.18 Å². The number of carbonyl (C=O) groups is 1. The van der Waals surface area contributed by atoms with Crippen LogP contribution in [0.5, 0.6) is 0 Å². The highest BCUT2D eigenvalue weighted by Gasteiger charge is 2.29. The summed E-state index contributed by atoms with van der Waals surface area (Å²) in [5.41, 5.74) is -0.720. The lowest BCUT2D eigenvalue weighted by Gasteiger charge is -2.14. The molecule has 0 unspecified atom stereocenters. The molecule has 1 saturated carbocycles. The summed E-state index contributed by atoms with van der Waals surface area (Å²) >= 11 is -0.937. The molecule has 0 bridgehead atoms. The van der Waals surface area contributed by atoms with Gasteiger partial charge < -0.3 is 9.67 Å². The molecule has 0 radical (unpaired) electrons. The summed E-state index contributed by atoms with van der Waals surface area (Å²) < 4.78 is 19.8. The number of nitriles is 1. The van der Waals surface area contributed by atoms with E-state index in [1.165, 1.54) is 6.20 Å². The molecule has 7 heteroatoms. The second kappa shape index (κ2) is 5.28. The smallest absolute Gasteiger partial charge is 0.341 e. The minimum absolute atomic E-state index is 0.0506. The maximum atomic E-state index is 14.2. The third-order valence-electron chi connectivity index (χ3n) is 3.62. The van der Waals surface area contributed by atoms with Crippen LogP contribution in [0.3, 0.4) is 0 Å². The van der Waals surface area contributed by atoms with E-state index in [0.29, 0.717) is 5.52 Å². The van der Waals surface area contributed by atoms with Crippen molar-refractivity contribution < 1.29 is 14.3 Å². The highest BCUT2D eigenvalue weighted by molar-refractivity contribution is 14.2. The van der Waals surface area contributed by atoms with Gasteiger partial charge >= 0.3 is 5.97 Å². The first-order chi connectivity index (χ1) is 10.5. The Labute approximate surface area is 134 Å². The van der Waals surface area contributed by atoms with E-state index < -0.39 is 43.5 Å². The van der Waals surface area contributed by atoms with Crippen molar-refractivity contribution in [2.45, 2.75) is 18.9 Å². The van der Waals surface area contributed by atoms with Crippen LogP contribution in [0, 0.1) is 20.7 Å². The van der Waals surface area contributed by atoms with Crippen LogP contribution in [0.15, 0.2) is 17.1 Å². The average molecular weight is 412 g/mol. The maximum Gasteiger partial charge on any atom is 0.341 e. The number of carboxylic acid groups (broad SMARTS) is 1. The molecule has 1 heterocycles. The maximum absolute atomic E-state index is 14.2. The number of halogens is 2. The molecule has 0 saturated heterocycles. The third-order valence-corrected chi connectivity index (χ3v) is 5.44. The van der Waals surface area contributed by atoms with E-state index in [0.717, 1.165) is 18.9 Å². The van der Waals surface area contributed by atoms with Crippen molar-refractivity contribution in [1.29, 1.82) is 5.26 Å². The summed E-state index contributed by atoms with van der Waals surface area (Å²) in [5, 5.41) is 18.5. The number of benzene rings is 1. The molecule has 0 spiro atoms. The molecule has 1 aromatic carbocycles. The zero-order chi connectivity index (χ0) is 16.0. The van der Waals surface area contributed by atoms with Crippen LogP contribution < -0.4 is 5.43 Å². The lowest BCUT2D eigenvalue weighted by atomic mass is 10.1. The number of pyridine rings is 1. The summed E-state index contributed by atoms with van der Waals surface area (Å²) in [6, 6.07) is 3.07. The van der Waals surface area contributed by atoms with E-state index in [-0.39, 0.29) is 20.6 Å². The summed E-state index contributed by atoms with van der Waals surface area (Å²) in [7, 11) is 0. The Morgan fingerprint density at radius 2 is 2.23 bits per heavy atom. The van der Waals surface area contributed by atoms with Gasteiger partial charge in [0.25, 0.3) is 0 Å². The summed E-state index contributed by atoms with van der Waals surface area (Å²) in [6.45, 7) is 0. The molecule has 1 fully saturated rings. The van der Waals surface area contributed by atoms with Gasteiger partial charge in [-0.15, -0.1) is 0 Å². The van der Waals surface area contributed by atoms with Gasteiger partial charge in [0.2, 0.25) is 5.43 Å². The Balaban J connectivity index is 2.58. The highest BCUT2D eigenvalue weighted by Crippen LogP contribution is 2.38. The molecule has 1 aliphatic rings.